The highest BCUT2D eigenvalue weighted by atomic mass is 16.6. The van der Waals surface area contributed by atoms with Gasteiger partial charge in [0.2, 0.25) is 0 Å². The molecule has 2 fully saturated rings. The van der Waals surface area contributed by atoms with Gasteiger partial charge in [-0.1, -0.05) is 0 Å². The summed E-state index contributed by atoms with van der Waals surface area (Å²) in [5.41, 5.74) is 0.992. The number of ether oxygens (including phenoxy) is 1. The summed E-state index contributed by atoms with van der Waals surface area (Å²) in [5.74, 6) is 0.659. The Bertz CT molecular complexity index is 700. The molecule has 2 atom stereocenters. The van der Waals surface area contributed by atoms with Gasteiger partial charge < -0.3 is 9.64 Å². The quantitative estimate of drug-likeness (QED) is 0.583. The van der Waals surface area contributed by atoms with Crippen LogP contribution in [0.2, 0.25) is 0 Å². The van der Waals surface area contributed by atoms with E-state index in [1.807, 2.05) is 6.07 Å². The number of nitrogens with zero attached hydrogens (tertiary/aromatic N) is 4. The van der Waals surface area contributed by atoms with Crippen LogP contribution in [0.5, 0.6) is 0 Å². The molecule has 7 nitrogen and oxygen atoms in total. The first-order valence-electron chi connectivity index (χ1n) is 9.77. The van der Waals surface area contributed by atoms with E-state index in [0.717, 1.165) is 45.6 Å². The average Bonchev–Trinajstić information content (AvgIpc) is 2.65. The molecule has 0 aromatic heterocycles. The van der Waals surface area contributed by atoms with Gasteiger partial charge in [0, 0.05) is 32.2 Å². The summed E-state index contributed by atoms with van der Waals surface area (Å²) in [6, 6.07) is 6.73. The van der Waals surface area contributed by atoms with Gasteiger partial charge in [-0.05, 0) is 57.7 Å². The second kappa shape index (κ2) is 8.68. The number of hydrogen-bond acceptors (Lipinski definition) is 6. The Morgan fingerprint density at radius 3 is 2.52 bits per heavy atom. The van der Waals surface area contributed by atoms with E-state index in [1.165, 1.54) is 12.5 Å². The fourth-order valence-electron chi connectivity index (χ4n) is 4.30. The van der Waals surface area contributed by atoms with Crippen molar-refractivity contribution in [1.29, 1.82) is 5.26 Å². The molecule has 1 aromatic carbocycles. The number of nitriles is 1. The number of benzene rings is 1. The van der Waals surface area contributed by atoms with Gasteiger partial charge in [0.05, 0.1) is 28.8 Å². The molecule has 0 spiro atoms. The van der Waals surface area contributed by atoms with E-state index in [4.69, 9.17) is 10.00 Å². The van der Waals surface area contributed by atoms with Gasteiger partial charge in [-0.2, -0.15) is 5.26 Å². The SMILES string of the molecule is CC1CN(CCC2CCN(c3ccc(C#N)cc3[N+](=O)[O-])CC2)CC(C)O1. The summed E-state index contributed by atoms with van der Waals surface area (Å²) < 4.78 is 5.79. The minimum absolute atomic E-state index is 0.0313. The van der Waals surface area contributed by atoms with Gasteiger partial charge in [-0.15, -0.1) is 0 Å². The molecule has 0 bridgehead atoms. The molecule has 1 aromatic rings. The Morgan fingerprint density at radius 1 is 1.26 bits per heavy atom. The van der Waals surface area contributed by atoms with Crippen LogP contribution in [0.25, 0.3) is 0 Å². The monoisotopic (exact) mass is 372 g/mol. The van der Waals surface area contributed by atoms with Crippen LogP contribution in [-0.4, -0.2) is 54.8 Å². The first kappa shape index (κ1) is 19.6. The van der Waals surface area contributed by atoms with Gasteiger partial charge in [-0.25, -0.2) is 0 Å². The molecule has 0 N–H and O–H groups in total. The Morgan fingerprint density at radius 2 is 1.93 bits per heavy atom. The van der Waals surface area contributed by atoms with Crippen LogP contribution in [0.1, 0.15) is 38.7 Å². The number of nitro groups is 1. The molecule has 0 aliphatic carbocycles. The lowest BCUT2D eigenvalue weighted by Crippen LogP contribution is -2.46. The number of hydrogen-bond donors (Lipinski definition) is 0. The molecule has 0 radical (unpaired) electrons. The van der Waals surface area contributed by atoms with Crippen molar-refractivity contribution in [3.05, 3.63) is 33.9 Å². The fraction of sp³-hybridized carbons (Fsp3) is 0.650. The predicted molar refractivity (Wildman–Crippen MR) is 104 cm³/mol. The maximum atomic E-state index is 11.4. The third-order valence-corrected chi connectivity index (χ3v) is 5.61. The van der Waals surface area contributed by atoms with Gasteiger partial charge >= 0.3 is 0 Å². The van der Waals surface area contributed by atoms with Crippen molar-refractivity contribution in [3.8, 4) is 6.07 Å². The Balaban J connectivity index is 1.53. The smallest absolute Gasteiger partial charge is 0.293 e. The molecule has 3 rings (SSSR count). The van der Waals surface area contributed by atoms with E-state index in [1.54, 1.807) is 12.1 Å². The lowest BCUT2D eigenvalue weighted by atomic mass is 9.92. The highest BCUT2D eigenvalue weighted by Crippen LogP contribution is 2.33. The fourth-order valence-corrected chi connectivity index (χ4v) is 4.30. The molecule has 146 valence electrons. The molecule has 27 heavy (non-hydrogen) atoms. The van der Waals surface area contributed by atoms with Crippen molar-refractivity contribution in [2.45, 2.75) is 45.3 Å². The summed E-state index contributed by atoms with van der Waals surface area (Å²) in [4.78, 5) is 15.6. The minimum atomic E-state index is -0.386. The van der Waals surface area contributed by atoms with Gasteiger partial charge in [0.25, 0.3) is 5.69 Å². The summed E-state index contributed by atoms with van der Waals surface area (Å²) in [7, 11) is 0. The highest BCUT2D eigenvalue weighted by Gasteiger charge is 2.27. The summed E-state index contributed by atoms with van der Waals surface area (Å²) in [6.07, 6.45) is 3.86. The zero-order valence-corrected chi connectivity index (χ0v) is 16.1. The molecule has 2 saturated heterocycles. The minimum Gasteiger partial charge on any atom is -0.373 e. The summed E-state index contributed by atoms with van der Waals surface area (Å²) >= 11 is 0. The Labute approximate surface area is 160 Å². The number of anilines is 1. The van der Waals surface area contributed by atoms with Crippen molar-refractivity contribution in [1.82, 2.24) is 4.90 Å². The zero-order valence-electron chi connectivity index (χ0n) is 16.1. The van der Waals surface area contributed by atoms with E-state index in [9.17, 15) is 10.1 Å². The Hall–Kier alpha value is -2.17. The number of rotatable bonds is 5. The van der Waals surface area contributed by atoms with Crippen LogP contribution in [-0.2, 0) is 4.74 Å². The third-order valence-electron chi connectivity index (χ3n) is 5.61. The second-order valence-corrected chi connectivity index (χ2v) is 7.81. The van der Waals surface area contributed by atoms with Gasteiger partial charge in [-0.3, -0.25) is 15.0 Å². The van der Waals surface area contributed by atoms with Crippen LogP contribution >= 0.6 is 0 Å². The second-order valence-electron chi connectivity index (χ2n) is 7.81. The predicted octanol–water partition coefficient (Wildman–Crippen LogP) is 3.18. The lowest BCUT2D eigenvalue weighted by molar-refractivity contribution is -0.384. The lowest BCUT2D eigenvalue weighted by Gasteiger charge is -2.37. The van der Waals surface area contributed by atoms with Gasteiger partial charge in [0.15, 0.2) is 0 Å². The van der Waals surface area contributed by atoms with E-state index >= 15 is 0 Å². The molecule has 2 heterocycles. The van der Waals surface area contributed by atoms with Crippen molar-refractivity contribution >= 4 is 11.4 Å². The van der Waals surface area contributed by atoms with Crippen LogP contribution in [0.4, 0.5) is 11.4 Å². The van der Waals surface area contributed by atoms with E-state index < -0.39 is 0 Å². The summed E-state index contributed by atoms with van der Waals surface area (Å²) in [5, 5.41) is 20.4. The van der Waals surface area contributed by atoms with Gasteiger partial charge in [0.1, 0.15) is 5.69 Å². The number of piperidine rings is 1. The average molecular weight is 372 g/mol. The molecule has 2 aliphatic heterocycles. The highest BCUT2D eigenvalue weighted by molar-refractivity contribution is 5.65. The van der Waals surface area contributed by atoms with Crippen molar-refractivity contribution < 1.29 is 9.66 Å². The van der Waals surface area contributed by atoms with Crippen molar-refractivity contribution in [2.75, 3.05) is 37.6 Å². The van der Waals surface area contributed by atoms with Crippen LogP contribution in [0, 0.1) is 27.4 Å². The third kappa shape index (κ3) is 4.96. The van der Waals surface area contributed by atoms with E-state index in [-0.39, 0.29) is 10.6 Å². The van der Waals surface area contributed by atoms with Crippen LogP contribution < -0.4 is 4.90 Å². The van der Waals surface area contributed by atoms with Crippen molar-refractivity contribution in [3.63, 3.8) is 0 Å². The molecule has 0 saturated carbocycles. The van der Waals surface area contributed by atoms with Crippen LogP contribution in [0.3, 0.4) is 0 Å². The maximum Gasteiger partial charge on any atom is 0.293 e. The standard InChI is InChI=1S/C20H28N4O3/c1-15-13-22(14-16(2)27-15)8-5-17-6-9-23(10-7-17)19-4-3-18(12-21)11-20(19)24(25)26/h3-4,11,15-17H,5-10,13-14H2,1-2H3. The molecule has 0 amide bonds. The van der Waals surface area contributed by atoms with E-state index in [2.05, 4.69) is 23.6 Å². The summed E-state index contributed by atoms with van der Waals surface area (Å²) in [6.45, 7) is 9.01. The zero-order chi connectivity index (χ0) is 19.4. The van der Waals surface area contributed by atoms with Crippen molar-refractivity contribution in [2.24, 2.45) is 5.92 Å². The molecule has 7 heteroatoms. The molecular weight excluding hydrogens is 344 g/mol. The number of nitro benzene ring substituents is 1. The maximum absolute atomic E-state index is 11.4. The van der Waals surface area contributed by atoms with E-state index in [0.29, 0.717) is 29.4 Å². The molecule has 2 aliphatic rings. The largest absolute Gasteiger partial charge is 0.373 e. The first-order chi connectivity index (χ1) is 13.0. The topological polar surface area (TPSA) is 82.6 Å². The first-order valence-corrected chi connectivity index (χ1v) is 9.77. The molecule has 2 unspecified atom stereocenters. The molecular formula is C20H28N4O3. The van der Waals surface area contributed by atoms with Crippen LogP contribution in [0.15, 0.2) is 18.2 Å². The number of morpholine rings is 1. The normalized spacial score (nSPS) is 24.6. The Kier molecular flexibility index (Phi) is 6.30.